The number of carbonyl (C=O) groups is 2. The number of Topliss-reactive ketones (excluding diaryl/α,β-unsaturated/α-hetero) is 1. The first kappa shape index (κ1) is 12.6. The first-order valence-electron chi connectivity index (χ1n) is 4.49. The molecular formula is C10H11BrN2O3. The summed E-state index contributed by atoms with van der Waals surface area (Å²) in [6.07, 6.45) is 2.09. The van der Waals surface area contributed by atoms with E-state index in [4.69, 9.17) is 4.74 Å². The largest absolute Gasteiger partial charge is 0.493 e. The maximum Gasteiger partial charge on any atom is 0.215 e. The van der Waals surface area contributed by atoms with E-state index in [9.17, 15) is 9.59 Å². The Morgan fingerprint density at radius 1 is 1.69 bits per heavy atom. The molecule has 0 N–H and O–H groups in total. The molecule has 5 nitrogen and oxygen atoms in total. The van der Waals surface area contributed by atoms with E-state index in [1.807, 2.05) is 0 Å². The van der Waals surface area contributed by atoms with Gasteiger partial charge in [-0.2, -0.15) is 0 Å². The molecular weight excluding hydrogens is 276 g/mol. The number of hydrogen-bond acceptors (Lipinski definition) is 4. The fraction of sp³-hybridized carbons (Fsp3) is 0.300. The molecule has 0 spiro atoms. The van der Waals surface area contributed by atoms with Gasteiger partial charge < -0.3 is 4.74 Å². The highest BCUT2D eigenvalue weighted by atomic mass is 79.9. The Labute approximate surface area is 102 Å². The minimum atomic E-state index is -0.126. The molecule has 0 aliphatic heterocycles. The quantitative estimate of drug-likeness (QED) is 0.768. The zero-order valence-corrected chi connectivity index (χ0v) is 10.5. The summed E-state index contributed by atoms with van der Waals surface area (Å²) in [4.78, 5) is 27.1. The summed E-state index contributed by atoms with van der Waals surface area (Å²) < 4.78 is 5.82. The minimum absolute atomic E-state index is 0.0194. The molecule has 86 valence electrons. The van der Waals surface area contributed by atoms with Crippen LogP contribution in [-0.2, 0) is 9.59 Å². The van der Waals surface area contributed by atoms with Crippen molar-refractivity contribution < 1.29 is 14.3 Å². The molecule has 0 unspecified atom stereocenters. The van der Waals surface area contributed by atoms with Crippen LogP contribution in [0, 0.1) is 0 Å². The van der Waals surface area contributed by atoms with Gasteiger partial charge in [0.15, 0.2) is 11.6 Å². The lowest BCUT2D eigenvalue weighted by Crippen LogP contribution is -2.28. The number of aromatic nitrogens is 1. The number of pyridine rings is 1. The van der Waals surface area contributed by atoms with Crippen molar-refractivity contribution in [3.63, 3.8) is 0 Å². The first-order valence-corrected chi connectivity index (χ1v) is 5.28. The summed E-state index contributed by atoms with van der Waals surface area (Å²) in [6.45, 7) is 1.39. The second-order valence-corrected chi connectivity index (χ2v) is 4.03. The molecule has 0 atom stereocenters. The van der Waals surface area contributed by atoms with Crippen molar-refractivity contribution in [3.8, 4) is 5.75 Å². The SMILES string of the molecule is COc1cc(Br)cnc1N(C=O)CC(C)=O. The van der Waals surface area contributed by atoms with Crippen LogP contribution in [-0.4, -0.2) is 30.8 Å². The molecule has 0 aliphatic carbocycles. The number of nitrogens with zero attached hydrogens (tertiary/aromatic N) is 2. The number of halogens is 1. The number of rotatable bonds is 5. The number of carbonyl (C=O) groups excluding carboxylic acids is 2. The lowest BCUT2D eigenvalue weighted by molar-refractivity contribution is -0.117. The highest BCUT2D eigenvalue weighted by Crippen LogP contribution is 2.27. The summed E-state index contributed by atoms with van der Waals surface area (Å²) >= 11 is 3.24. The van der Waals surface area contributed by atoms with Crippen LogP contribution in [0.2, 0.25) is 0 Å². The molecule has 16 heavy (non-hydrogen) atoms. The Morgan fingerprint density at radius 3 is 2.88 bits per heavy atom. The molecule has 1 aromatic heterocycles. The van der Waals surface area contributed by atoms with Crippen molar-refractivity contribution in [3.05, 3.63) is 16.7 Å². The average Bonchev–Trinajstić information content (AvgIpc) is 2.25. The Bertz CT molecular complexity index is 409. The number of hydrogen-bond donors (Lipinski definition) is 0. The Hall–Kier alpha value is -1.43. The number of anilines is 1. The van der Waals surface area contributed by atoms with E-state index in [0.717, 1.165) is 4.47 Å². The fourth-order valence-electron chi connectivity index (χ4n) is 1.18. The molecule has 0 fully saturated rings. The van der Waals surface area contributed by atoms with Crippen LogP contribution in [0.3, 0.4) is 0 Å². The summed E-state index contributed by atoms with van der Waals surface area (Å²) in [5, 5.41) is 0. The third kappa shape index (κ3) is 3.03. The van der Waals surface area contributed by atoms with Crippen molar-refractivity contribution in [1.82, 2.24) is 4.98 Å². The van der Waals surface area contributed by atoms with Gasteiger partial charge in [0, 0.05) is 10.7 Å². The Kier molecular flexibility index (Phi) is 4.42. The molecule has 0 bridgehead atoms. The minimum Gasteiger partial charge on any atom is -0.493 e. The second-order valence-electron chi connectivity index (χ2n) is 3.11. The lowest BCUT2D eigenvalue weighted by Gasteiger charge is -2.17. The van der Waals surface area contributed by atoms with Gasteiger partial charge in [-0.1, -0.05) is 0 Å². The van der Waals surface area contributed by atoms with Crippen LogP contribution in [0.15, 0.2) is 16.7 Å². The topological polar surface area (TPSA) is 59.5 Å². The second kappa shape index (κ2) is 5.60. The van der Waals surface area contributed by atoms with Crippen LogP contribution in [0.5, 0.6) is 5.75 Å². The number of methoxy groups -OCH3 is 1. The molecule has 6 heteroatoms. The van der Waals surface area contributed by atoms with Gasteiger partial charge in [0.05, 0.1) is 13.7 Å². The normalized spacial score (nSPS) is 9.69. The molecule has 1 heterocycles. The van der Waals surface area contributed by atoms with E-state index in [-0.39, 0.29) is 12.3 Å². The van der Waals surface area contributed by atoms with E-state index >= 15 is 0 Å². The van der Waals surface area contributed by atoms with Crippen LogP contribution < -0.4 is 9.64 Å². The molecule has 0 saturated heterocycles. The summed E-state index contributed by atoms with van der Waals surface area (Å²) in [6, 6.07) is 1.68. The summed E-state index contributed by atoms with van der Waals surface area (Å²) in [5.74, 6) is 0.637. The highest BCUT2D eigenvalue weighted by Gasteiger charge is 2.14. The van der Waals surface area contributed by atoms with Crippen molar-refractivity contribution >= 4 is 33.9 Å². The predicted octanol–water partition coefficient (Wildman–Crippen LogP) is 1.40. The lowest BCUT2D eigenvalue weighted by atomic mass is 10.3. The van der Waals surface area contributed by atoms with Crippen molar-refractivity contribution in [2.75, 3.05) is 18.6 Å². The standard InChI is InChI=1S/C10H11BrN2O3/c1-7(15)5-13(6-14)10-9(16-2)3-8(11)4-12-10/h3-4,6H,5H2,1-2H3. The van der Waals surface area contributed by atoms with E-state index < -0.39 is 0 Å². The molecule has 1 amide bonds. The van der Waals surface area contributed by atoms with E-state index in [1.54, 1.807) is 6.07 Å². The summed E-state index contributed by atoms with van der Waals surface area (Å²) in [5.41, 5.74) is 0. The average molecular weight is 287 g/mol. The maximum absolute atomic E-state index is 11.0. The highest BCUT2D eigenvalue weighted by molar-refractivity contribution is 9.10. The number of amides is 1. The zero-order valence-electron chi connectivity index (χ0n) is 8.94. The Morgan fingerprint density at radius 2 is 2.38 bits per heavy atom. The Balaban J connectivity index is 3.08. The smallest absolute Gasteiger partial charge is 0.215 e. The van der Waals surface area contributed by atoms with Gasteiger partial charge in [-0.3, -0.25) is 14.5 Å². The zero-order chi connectivity index (χ0) is 12.1. The molecule has 0 saturated carbocycles. The van der Waals surface area contributed by atoms with Gasteiger partial charge in [-0.25, -0.2) is 4.98 Å². The third-order valence-corrected chi connectivity index (χ3v) is 2.25. The predicted molar refractivity (Wildman–Crippen MR) is 62.6 cm³/mol. The van der Waals surface area contributed by atoms with Crippen molar-refractivity contribution in [2.45, 2.75) is 6.92 Å². The molecule has 1 rings (SSSR count). The first-order chi connectivity index (χ1) is 7.58. The van der Waals surface area contributed by atoms with Gasteiger partial charge in [0.1, 0.15) is 5.78 Å². The monoisotopic (exact) mass is 286 g/mol. The summed E-state index contributed by atoms with van der Waals surface area (Å²) in [7, 11) is 1.48. The molecule has 0 aliphatic rings. The van der Waals surface area contributed by atoms with Crippen LogP contribution in [0.4, 0.5) is 5.82 Å². The van der Waals surface area contributed by atoms with Crippen LogP contribution in [0.25, 0.3) is 0 Å². The van der Waals surface area contributed by atoms with Crippen molar-refractivity contribution in [2.24, 2.45) is 0 Å². The van der Waals surface area contributed by atoms with Crippen molar-refractivity contribution in [1.29, 1.82) is 0 Å². The molecule has 0 aromatic carbocycles. The maximum atomic E-state index is 11.0. The van der Waals surface area contributed by atoms with Crippen LogP contribution >= 0.6 is 15.9 Å². The van der Waals surface area contributed by atoms with Gasteiger partial charge in [0.2, 0.25) is 6.41 Å². The third-order valence-electron chi connectivity index (χ3n) is 1.81. The number of ether oxygens (including phenoxy) is 1. The van der Waals surface area contributed by atoms with Gasteiger partial charge in [-0.15, -0.1) is 0 Å². The van der Waals surface area contributed by atoms with E-state index in [2.05, 4.69) is 20.9 Å². The fourth-order valence-corrected chi connectivity index (χ4v) is 1.49. The van der Waals surface area contributed by atoms with Crippen LogP contribution in [0.1, 0.15) is 6.92 Å². The number of ketones is 1. The molecule has 0 radical (unpaired) electrons. The molecule has 1 aromatic rings. The van der Waals surface area contributed by atoms with Gasteiger partial charge in [0.25, 0.3) is 0 Å². The van der Waals surface area contributed by atoms with Gasteiger partial charge >= 0.3 is 0 Å². The van der Waals surface area contributed by atoms with Gasteiger partial charge in [-0.05, 0) is 28.9 Å². The van der Waals surface area contributed by atoms with E-state index in [0.29, 0.717) is 18.0 Å². The van der Waals surface area contributed by atoms with E-state index in [1.165, 1.54) is 25.1 Å².